The van der Waals surface area contributed by atoms with Gasteiger partial charge in [0.1, 0.15) is 0 Å². The second-order valence-corrected chi connectivity index (χ2v) is 6.04. The van der Waals surface area contributed by atoms with E-state index in [1.165, 1.54) is 11.3 Å². The van der Waals surface area contributed by atoms with Crippen molar-refractivity contribution in [1.29, 1.82) is 0 Å². The molecule has 0 aromatic carbocycles. The fourth-order valence-corrected chi connectivity index (χ4v) is 3.33. The van der Waals surface area contributed by atoms with E-state index in [1.54, 1.807) is 0 Å². The number of nitrogens with zero attached hydrogens (tertiary/aromatic N) is 2. The zero-order valence-electron chi connectivity index (χ0n) is 12.3. The Morgan fingerprint density at radius 1 is 1.43 bits per heavy atom. The number of hydrogen-bond donors (Lipinski definition) is 2. The average Bonchev–Trinajstić information content (AvgIpc) is 2.86. The maximum absolute atomic E-state index is 12.5. The number of carbonyl (C=O) groups excluding carboxylic acids is 1. The number of β-amino-alcohol motifs (C(OH)–C–C–N with tert-alkyl or cyclic N) is 1. The van der Waals surface area contributed by atoms with E-state index >= 15 is 0 Å². The van der Waals surface area contributed by atoms with E-state index in [1.807, 2.05) is 17.9 Å². The molecule has 0 saturated carbocycles. The molecule has 0 spiro atoms. The van der Waals surface area contributed by atoms with Crippen LogP contribution in [0.1, 0.15) is 20.1 Å². The van der Waals surface area contributed by atoms with Crippen LogP contribution in [-0.4, -0.2) is 66.7 Å². The first-order chi connectivity index (χ1) is 10.2. The van der Waals surface area contributed by atoms with E-state index in [0.29, 0.717) is 26.2 Å². The van der Waals surface area contributed by atoms with Gasteiger partial charge >= 0.3 is 0 Å². The topological polar surface area (TPSA) is 69.8 Å². The van der Waals surface area contributed by atoms with Crippen molar-refractivity contribution in [1.82, 2.24) is 9.80 Å². The summed E-state index contributed by atoms with van der Waals surface area (Å²) in [4.78, 5) is 18.2. The predicted molar refractivity (Wildman–Crippen MR) is 84.4 cm³/mol. The molecule has 3 N–H and O–H groups in total. The van der Waals surface area contributed by atoms with Crippen LogP contribution in [0.2, 0.25) is 0 Å². The van der Waals surface area contributed by atoms with Gasteiger partial charge in [0.25, 0.3) is 5.91 Å². The first-order valence-corrected chi connectivity index (χ1v) is 7.89. The Labute approximate surface area is 129 Å². The third-order valence-electron chi connectivity index (χ3n) is 3.51. The Bertz CT molecular complexity index is 551. The zero-order chi connectivity index (χ0) is 15.2. The maximum Gasteiger partial charge on any atom is 0.264 e. The molecule has 0 aliphatic carbocycles. The van der Waals surface area contributed by atoms with Crippen LogP contribution in [0.5, 0.6) is 0 Å². The van der Waals surface area contributed by atoms with Crippen LogP contribution in [0, 0.1) is 18.8 Å². The van der Waals surface area contributed by atoms with Crippen LogP contribution in [0.15, 0.2) is 6.07 Å². The molecule has 0 radical (unpaired) electrons. The highest BCUT2D eigenvalue weighted by molar-refractivity contribution is 7.14. The number of rotatable bonds is 3. The molecule has 114 valence electrons. The third-order valence-corrected chi connectivity index (χ3v) is 4.65. The molecule has 0 bridgehead atoms. The SMILES string of the molecule is Cc1cc(C(=O)N2CCN(CCO)CC2)sc1C#CCN. The molecule has 0 atom stereocenters. The standard InChI is InChI=1S/C15H21N3O2S/c1-12-11-14(21-13(12)3-2-4-16)15(20)18-7-5-17(6-8-18)9-10-19/h11,19H,4-10,16H2,1H3. The molecule has 1 saturated heterocycles. The summed E-state index contributed by atoms with van der Waals surface area (Å²) in [6.07, 6.45) is 0. The van der Waals surface area contributed by atoms with Gasteiger partial charge in [-0.1, -0.05) is 11.8 Å². The van der Waals surface area contributed by atoms with Gasteiger partial charge < -0.3 is 15.7 Å². The normalized spacial score (nSPS) is 15.7. The van der Waals surface area contributed by atoms with Gasteiger partial charge in [0.05, 0.1) is 22.9 Å². The minimum Gasteiger partial charge on any atom is -0.395 e. The van der Waals surface area contributed by atoms with Crippen LogP contribution < -0.4 is 5.73 Å². The quantitative estimate of drug-likeness (QED) is 0.778. The van der Waals surface area contributed by atoms with Crippen molar-refractivity contribution in [3.63, 3.8) is 0 Å². The Morgan fingerprint density at radius 2 is 2.14 bits per heavy atom. The molecule has 1 aromatic rings. The lowest BCUT2D eigenvalue weighted by molar-refractivity contribution is 0.0619. The molecular weight excluding hydrogens is 286 g/mol. The first kappa shape index (κ1) is 16.0. The van der Waals surface area contributed by atoms with Gasteiger partial charge in [0, 0.05) is 32.7 Å². The van der Waals surface area contributed by atoms with Gasteiger partial charge in [-0.05, 0) is 18.6 Å². The monoisotopic (exact) mass is 307 g/mol. The Balaban J connectivity index is 2.01. The van der Waals surface area contributed by atoms with Gasteiger partial charge in [-0.3, -0.25) is 9.69 Å². The molecule has 1 fully saturated rings. The number of amides is 1. The second-order valence-electron chi connectivity index (χ2n) is 4.99. The molecule has 1 aliphatic heterocycles. The first-order valence-electron chi connectivity index (χ1n) is 7.07. The molecule has 1 aliphatic rings. The smallest absolute Gasteiger partial charge is 0.264 e. The summed E-state index contributed by atoms with van der Waals surface area (Å²) in [5.74, 6) is 5.92. The minimum absolute atomic E-state index is 0.0764. The molecule has 5 nitrogen and oxygen atoms in total. The zero-order valence-corrected chi connectivity index (χ0v) is 13.1. The summed E-state index contributed by atoms with van der Waals surface area (Å²) in [6, 6.07) is 1.91. The van der Waals surface area contributed by atoms with Crippen LogP contribution in [0.25, 0.3) is 0 Å². The fraction of sp³-hybridized carbons (Fsp3) is 0.533. The van der Waals surface area contributed by atoms with Crippen molar-refractivity contribution in [2.24, 2.45) is 5.73 Å². The highest BCUT2D eigenvalue weighted by Crippen LogP contribution is 2.23. The Hall–Kier alpha value is -1.39. The number of nitrogens with two attached hydrogens (primary N) is 1. The molecule has 0 unspecified atom stereocenters. The molecule has 1 aromatic heterocycles. The molecule has 1 amide bonds. The van der Waals surface area contributed by atoms with Crippen molar-refractivity contribution in [2.75, 3.05) is 45.9 Å². The summed E-state index contributed by atoms with van der Waals surface area (Å²) >= 11 is 1.44. The summed E-state index contributed by atoms with van der Waals surface area (Å²) in [7, 11) is 0. The molecular formula is C15H21N3O2S. The number of aliphatic hydroxyl groups excluding tert-OH is 1. The van der Waals surface area contributed by atoms with Gasteiger partial charge in [-0.2, -0.15) is 0 Å². The third kappa shape index (κ3) is 4.05. The number of thiophene rings is 1. The summed E-state index contributed by atoms with van der Waals surface area (Å²) in [6.45, 7) is 6.19. The lowest BCUT2D eigenvalue weighted by Crippen LogP contribution is -2.49. The van der Waals surface area contributed by atoms with Gasteiger partial charge in [-0.15, -0.1) is 11.3 Å². The minimum atomic E-state index is 0.0764. The van der Waals surface area contributed by atoms with Gasteiger partial charge in [0.15, 0.2) is 0 Å². The summed E-state index contributed by atoms with van der Waals surface area (Å²) in [5, 5.41) is 8.93. The van der Waals surface area contributed by atoms with Crippen LogP contribution in [0.4, 0.5) is 0 Å². The van der Waals surface area contributed by atoms with E-state index in [0.717, 1.165) is 28.4 Å². The van der Waals surface area contributed by atoms with E-state index < -0.39 is 0 Å². The van der Waals surface area contributed by atoms with Gasteiger partial charge in [0.2, 0.25) is 0 Å². The van der Waals surface area contributed by atoms with Crippen molar-refractivity contribution in [3.8, 4) is 11.8 Å². The van der Waals surface area contributed by atoms with Crippen molar-refractivity contribution in [2.45, 2.75) is 6.92 Å². The van der Waals surface area contributed by atoms with Crippen LogP contribution in [-0.2, 0) is 0 Å². The van der Waals surface area contributed by atoms with E-state index in [4.69, 9.17) is 10.8 Å². The molecule has 2 heterocycles. The van der Waals surface area contributed by atoms with E-state index in [9.17, 15) is 4.79 Å². The molecule has 6 heteroatoms. The maximum atomic E-state index is 12.5. The molecule has 2 rings (SSSR count). The lowest BCUT2D eigenvalue weighted by Gasteiger charge is -2.34. The van der Waals surface area contributed by atoms with Crippen molar-refractivity contribution in [3.05, 3.63) is 21.4 Å². The second kappa shape index (κ2) is 7.57. The number of piperazine rings is 1. The van der Waals surface area contributed by atoms with Crippen LogP contribution in [0.3, 0.4) is 0 Å². The van der Waals surface area contributed by atoms with Crippen LogP contribution >= 0.6 is 11.3 Å². The molecule has 21 heavy (non-hydrogen) atoms. The number of carbonyl (C=O) groups is 1. The van der Waals surface area contributed by atoms with E-state index in [2.05, 4.69) is 16.7 Å². The number of hydrogen-bond acceptors (Lipinski definition) is 5. The highest BCUT2D eigenvalue weighted by atomic mass is 32.1. The fourth-order valence-electron chi connectivity index (χ4n) is 2.31. The highest BCUT2D eigenvalue weighted by Gasteiger charge is 2.23. The Kier molecular flexibility index (Phi) is 5.76. The van der Waals surface area contributed by atoms with Crippen molar-refractivity contribution < 1.29 is 9.90 Å². The lowest BCUT2D eigenvalue weighted by atomic mass is 10.2. The largest absolute Gasteiger partial charge is 0.395 e. The predicted octanol–water partition coefficient (Wildman–Crippen LogP) is 0.117. The summed E-state index contributed by atoms with van der Waals surface area (Å²) < 4.78 is 0. The Morgan fingerprint density at radius 3 is 2.76 bits per heavy atom. The van der Waals surface area contributed by atoms with Gasteiger partial charge in [-0.25, -0.2) is 0 Å². The summed E-state index contributed by atoms with van der Waals surface area (Å²) in [5.41, 5.74) is 6.41. The number of aliphatic hydroxyl groups is 1. The number of aryl methyl sites for hydroxylation is 1. The van der Waals surface area contributed by atoms with Crippen molar-refractivity contribution >= 4 is 17.2 Å². The van der Waals surface area contributed by atoms with E-state index in [-0.39, 0.29) is 12.5 Å². The average molecular weight is 307 g/mol.